The van der Waals surface area contributed by atoms with Crippen LogP contribution in [0.25, 0.3) is 0 Å². The fourth-order valence-corrected chi connectivity index (χ4v) is 0.608. The lowest BCUT2D eigenvalue weighted by atomic mass is 10.1. The average Bonchev–Trinajstić information content (AvgIpc) is 1.91. The number of hydrogen-bond donors (Lipinski definition) is 3. The van der Waals surface area contributed by atoms with Crippen molar-refractivity contribution in [2.24, 2.45) is 5.73 Å². The summed E-state index contributed by atoms with van der Waals surface area (Å²) in [7, 11) is 0. The van der Waals surface area contributed by atoms with Crippen LogP contribution in [0.15, 0.2) is 0 Å². The van der Waals surface area contributed by atoms with Crippen molar-refractivity contribution in [1.29, 1.82) is 0 Å². The molecule has 0 aromatic rings. The summed E-state index contributed by atoms with van der Waals surface area (Å²) in [5, 5.41) is 8.43. The quantitative estimate of drug-likeness (QED) is 0.470. The summed E-state index contributed by atoms with van der Waals surface area (Å²) in [5.74, 6) is 0. The van der Waals surface area contributed by atoms with Crippen molar-refractivity contribution in [1.82, 2.24) is 5.48 Å². The number of nitrogens with two attached hydrogens (primary N) is 1. The molecule has 55 valence electrons. The summed E-state index contributed by atoms with van der Waals surface area (Å²) in [6, 6.07) is 0.105. The summed E-state index contributed by atoms with van der Waals surface area (Å²) < 4.78 is 0. The first-order valence-corrected chi connectivity index (χ1v) is 3.28. The van der Waals surface area contributed by atoms with Gasteiger partial charge in [0, 0.05) is 6.04 Å². The lowest BCUT2D eigenvalue weighted by Crippen LogP contribution is -2.26. The second-order valence-electron chi connectivity index (χ2n) is 1.96. The standard InChI is InChI=1S/C6H15N2O/c1-2-6(8-9)4-3-5-7/h4,6,8-9H,2-3,5,7H2,1H3. The molecule has 3 nitrogen and oxygen atoms in total. The fourth-order valence-electron chi connectivity index (χ4n) is 0.608. The molecule has 0 bridgehead atoms. The van der Waals surface area contributed by atoms with Crippen molar-refractivity contribution < 1.29 is 5.21 Å². The molecule has 4 N–H and O–H groups in total. The summed E-state index contributed by atoms with van der Waals surface area (Å²) in [4.78, 5) is 0. The van der Waals surface area contributed by atoms with Crippen molar-refractivity contribution in [3.63, 3.8) is 0 Å². The highest BCUT2D eigenvalue weighted by atomic mass is 16.5. The summed E-state index contributed by atoms with van der Waals surface area (Å²) in [6.45, 7) is 2.65. The predicted molar refractivity (Wildman–Crippen MR) is 37.0 cm³/mol. The maximum Gasteiger partial charge on any atom is 0.0349 e. The molecule has 1 radical (unpaired) electrons. The zero-order chi connectivity index (χ0) is 7.11. The first-order valence-electron chi connectivity index (χ1n) is 3.28. The van der Waals surface area contributed by atoms with Gasteiger partial charge in [-0.3, -0.25) is 0 Å². The van der Waals surface area contributed by atoms with Gasteiger partial charge in [0.05, 0.1) is 0 Å². The van der Waals surface area contributed by atoms with Gasteiger partial charge >= 0.3 is 0 Å². The number of hydrogen-bond acceptors (Lipinski definition) is 3. The van der Waals surface area contributed by atoms with Crippen LogP contribution in [0.1, 0.15) is 19.8 Å². The molecule has 0 amide bonds. The molecule has 3 heteroatoms. The van der Waals surface area contributed by atoms with Gasteiger partial charge in [-0.15, -0.1) is 0 Å². The van der Waals surface area contributed by atoms with Gasteiger partial charge in [0.15, 0.2) is 0 Å². The zero-order valence-electron chi connectivity index (χ0n) is 5.80. The molecule has 1 atom stereocenters. The Bertz CT molecular complexity index is 55.0. The fraction of sp³-hybridized carbons (Fsp3) is 0.833. The Morgan fingerprint density at radius 3 is 2.78 bits per heavy atom. The van der Waals surface area contributed by atoms with Crippen LogP contribution in [-0.4, -0.2) is 17.8 Å². The summed E-state index contributed by atoms with van der Waals surface area (Å²) in [5.41, 5.74) is 7.42. The lowest BCUT2D eigenvalue weighted by molar-refractivity contribution is 0.134. The molecule has 0 fully saturated rings. The molecule has 0 heterocycles. The minimum absolute atomic E-state index is 0.105. The van der Waals surface area contributed by atoms with Crippen LogP contribution >= 0.6 is 0 Å². The molecule has 0 aromatic carbocycles. The number of rotatable bonds is 5. The molecule has 9 heavy (non-hydrogen) atoms. The summed E-state index contributed by atoms with van der Waals surface area (Å²) in [6.07, 6.45) is 3.72. The van der Waals surface area contributed by atoms with Gasteiger partial charge in [-0.2, -0.15) is 0 Å². The lowest BCUT2D eigenvalue weighted by Gasteiger charge is -2.09. The van der Waals surface area contributed by atoms with Gasteiger partial charge in [-0.25, -0.2) is 5.48 Å². The molecule has 0 saturated carbocycles. The van der Waals surface area contributed by atoms with E-state index >= 15 is 0 Å². The van der Waals surface area contributed by atoms with Crippen molar-refractivity contribution in [2.45, 2.75) is 25.8 Å². The Morgan fingerprint density at radius 1 is 1.78 bits per heavy atom. The topological polar surface area (TPSA) is 58.3 Å². The van der Waals surface area contributed by atoms with Gasteiger partial charge in [0.25, 0.3) is 0 Å². The monoisotopic (exact) mass is 131 g/mol. The van der Waals surface area contributed by atoms with Crippen molar-refractivity contribution in [2.75, 3.05) is 6.54 Å². The molecule has 0 spiro atoms. The van der Waals surface area contributed by atoms with Gasteiger partial charge in [0.1, 0.15) is 0 Å². The van der Waals surface area contributed by atoms with Crippen LogP contribution in [-0.2, 0) is 0 Å². The minimum atomic E-state index is 0.105. The number of hydroxylamine groups is 1. The van der Waals surface area contributed by atoms with Crippen LogP contribution in [0.4, 0.5) is 0 Å². The van der Waals surface area contributed by atoms with Crippen molar-refractivity contribution in [3.05, 3.63) is 6.42 Å². The second-order valence-corrected chi connectivity index (χ2v) is 1.96. The third-order valence-electron chi connectivity index (χ3n) is 1.22. The van der Waals surface area contributed by atoms with E-state index in [2.05, 4.69) is 5.48 Å². The zero-order valence-corrected chi connectivity index (χ0v) is 5.80. The van der Waals surface area contributed by atoms with E-state index in [1.165, 1.54) is 0 Å². The van der Waals surface area contributed by atoms with Gasteiger partial charge in [-0.1, -0.05) is 6.92 Å². The van der Waals surface area contributed by atoms with E-state index in [0.29, 0.717) is 6.54 Å². The third kappa shape index (κ3) is 4.39. The number of nitrogens with one attached hydrogen (secondary N) is 1. The minimum Gasteiger partial charge on any atom is -0.330 e. The summed E-state index contributed by atoms with van der Waals surface area (Å²) >= 11 is 0. The Kier molecular flexibility index (Phi) is 5.93. The van der Waals surface area contributed by atoms with E-state index in [1.54, 1.807) is 0 Å². The van der Waals surface area contributed by atoms with E-state index in [0.717, 1.165) is 12.8 Å². The van der Waals surface area contributed by atoms with Crippen LogP contribution in [0, 0.1) is 6.42 Å². The van der Waals surface area contributed by atoms with Crippen LogP contribution in [0.3, 0.4) is 0 Å². The first kappa shape index (κ1) is 8.88. The maximum atomic E-state index is 8.43. The molecule has 0 aliphatic rings. The van der Waals surface area contributed by atoms with E-state index in [1.807, 2.05) is 13.3 Å². The van der Waals surface area contributed by atoms with Crippen molar-refractivity contribution in [3.8, 4) is 0 Å². The molecule has 1 unspecified atom stereocenters. The van der Waals surface area contributed by atoms with Crippen LogP contribution < -0.4 is 11.2 Å². The molecular weight excluding hydrogens is 116 g/mol. The SMILES string of the molecule is CCC([CH]CCN)NO. The van der Waals surface area contributed by atoms with E-state index in [9.17, 15) is 0 Å². The third-order valence-corrected chi connectivity index (χ3v) is 1.22. The van der Waals surface area contributed by atoms with Crippen LogP contribution in [0.2, 0.25) is 0 Å². The van der Waals surface area contributed by atoms with Gasteiger partial charge in [-0.05, 0) is 25.8 Å². The maximum absolute atomic E-state index is 8.43. The van der Waals surface area contributed by atoms with E-state index in [4.69, 9.17) is 10.9 Å². The first-order chi connectivity index (χ1) is 4.35. The molecule has 0 saturated heterocycles. The van der Waals surface area contributed by atoms with Gasteiger partial charge < -0.3 is 10.9 Å². The normalized spacial score (nSPS) is 13.7. The Morgan fingerprint density at radius 2 is 2.44 bits per heavy atom. The highest BCUT2D eigenvalue weighted by Crippen LogP contribution is 1.96. The average molecular weight is 131 g/mol. The molecule has 0 rings (SSSR count). The second kappa shape index (κ2) is 6.01. The Balaban J connectivity index is 3.09. The predicted octanol–water partition coefficient (Wildman–Crippen LogP) is 0.297. The smallest absolute Gasteiger partial charge is 0.0349 e. The molecule has 0 aliphatic heterocycles. The largest absolute Gasteiger partial charge is 0.330 e. The molecule has 0 aliphatic carbocycles. The highest BCUT2D eigenvalue weighted by molar-refractivity contribution is 4.78. The van der Waals surface area contributed by atoms with Crippen LogP contribution in [0.5, 0.6) is 0 Å². The highest BCUT2D eigenvalue weighted by Gasteiger charge is 2.01. The van der Waals surface area contributed by atoms with E-state index in [-0.39, 0.29) is 6.04 Å². The molecular formula is C6H15N2O. The Labute approximate surface area is 56.2 Å². The molecule has 0 aromatic heterocycles. The Hall–Kier alpha value is -0.120. The van der Waals surface area contributed by atoms with Crippen molar-refractivity contribution >= 4 is 0 Å². The van der Waals surface area contributed by atoms with Gasteiger partial charge in [0.2, 0.25) is 0 Å². The van der Waals surface area contributed by atoms with E-state index < -0.39 is 0 Å².